The molecule has 2 aromatic carbocycles. The first-order valence-electron chi connectivity index (χ1n) is 5.99. The maximum absolute atomic E-state index is 5.79. The van der Waals surface area contributed by atoms with Crippen molar-refractivity contribution in [3.8, 4) is 0 Å². The van der Waals surface area contributed by atoms with Gasteiger partial charge in [0.2, 0.25) is 0 Å². The summed E-state index contributed by atoms with van der Waals surface area (Å²) in [5, 5.41) is 0.545. The van der Waals surface area contributed by atoms with Crippen LogP contribution in [0.2, 0.25) is 0 Å². The zero-order chi connectivity index (χ0) is 13.0. The van der Waals surface area contributed by atoms with Crippen LogP contribution >= 0.6 is 12.2 Å². The van der Waals surface area contributed by atoms with Crippen LogP contribution < -0.4 is 0 Å². The number of hydrogen-bond donors (Lipinski definition) is 0. The molecule has 0 saturated carbocycles. The van der Waals surface area contributed by atoms with E-state index in [1.807, 2.05) is 37.3 Å². The minimum Gasteiger partial charge on any atom is -0.475 e. The Morgan fingerprint density at radius 3 is 2.22 bits per heavy atom. The Morgan fingerprint density at radius 1 is 1.00 bits per heavy atom. The Hall–Kier alpha value is -1.67. The monoisotopic (exact) mass is 256 g/mol. The molecule has 0 radical (unpaired) electrons. The maximum Gasteiger partial charge on any atom is 0.191 e. The molecule has 0 amide bonds. The van der Waals surface area contributed by atoms with Gasteiger partial charge in [-0.15, -0.1) is 0 Å². The molecule has 1 atom stereocenters. The van der Waals surface area contributed by atoms with Gasteiger partial charge in [-0.25, -0.2) is 0 Å². The van der Waals surface area contributed by atoms with Crippen molar-refractivity contribution < 1.29 is 4.74 Å². The van der Waals surface area contributed by atoms with Crippen molar-refractivity contribution in [3.63, 3.8) is 0 Å². The molecule has 2 rings (SSSR count). The van der Waals surface area contributed by atoms with Crippen molar-refractivity contribution in [2.75, 3.05) is 0 Å². The van der Waals surface area contributed by atoms with Crippen LogP contribution in [0.5, 0.6) is 0 Å². The molecule has 0 heterocycles. The summed E-state index contributed by atoms with van der Waals surface area (Å²) >= 11 is 5.30. The van der Waals surface area contributed by atoms with Gasteiger partial charge in [0.15, 0.2) is 5.05 Å². The lowest BCUT2D eigenvalue weighted by Gasteiger charge is -2.15. The lowest BCUT2D eigenvalue weighted by molar-refractivity contribution is 0.220. The van der Waals surface area contributed by atoms with Crippen molar-refractivity contribution in [2.24, 2.45) is 0 Å². The molecule has 1 unspecified atom stereocenters. The molecule has 0 spiro atoms. The molecule has 0 aliphatic heterocycles. The summed E-state index contributed by atoms with van der Waals surface area (Å²) in [5.74, 6) is 0. The number of hydrogen-bond acceptors (Lipinski definition) is 2. The topological polar surface area (TPSA) is 9.23 Å². The van der Waals surface area contributed by atoms with Gasteiger partial charge >= 0.3 is 0 Å². The molecule has 0 bridgehead atoms. The van der Waals surface area contributed by atoms with E-state index in [0.717, 1.165) is 11.1 Å². The fourth-order valence-electron chi connectivity index (χ4n) is 1.71. The Bertz CT molecular complexity index is 517. The third-order valence-corrected chi connectivity index (χ3v) is 3.17. The molecule has 18 heavy (non-hydrogen) atoms. The predicted octanol–water partition coefficient (Wildman–Crippen LogP) is 4.45. The van der Waals surface area contributed by atoms with Crippen molar-refractivity contribution in [2.45, 2.75) is 20.0 Å². The van der Waals surface area contributed by atoms with Crippen molar-refractivity contribution in [3.05, 3.63) is 71.3 Å². The second-order valence-corrected chi connectivity index (χ2v) is 4.70. The van der Waals surface area contributed by atoms with Gasteiger partial charge in [0, 0.05) is 5.56 Å². The van der Waals surface area contributed by atoms with Gasteiger partial charge in [0.25, 0.3) is 0 Å². The van der Waals surface area contributed by atoms with Crippen LogP contribution in [0.15, 0.2) is 54.6 Å². The van der Waals surface area contributed by atoms with Crippen LogP contribution in [-0.2, 0) is 4.74 Å². The quantitative estimate of drug-likeness (QED) is 0.750. The number of benzene rings is 2. The summed E-state index contributed by atoms with van der Waals surface area (Å²) in [4.78, 5) is 0. The van der Waals surface area contributed by atoms with Gasteiger partial charge < -0.3 is 4.74 Å². The molecule has 0 aliphatic rings. The van der Waals surface area contributed by atoms with Crippen LogP contribution in [0.4, 0.5) is 0 Å². The minimum atomic E-state index is -0.0293. The highest BCUT2D eigenvalue weighted by Crippen LogP contribution is 2.19. The number of thiocarbonyl (C=S) groups is 1. The minimum absolute atomic E-state index is 0.0293. The summed E-state index contributed by atoms with van der Waals surface area (Å²) in [5.41, 5.74) is 3.34. The van der Waals surface area contributed by atoms with Crippen LogP contribution in [0, 0.1) is 6.92 Å². The summed E-state index contributed by atoms with van der Waals surface area (Å²) in [6, 6.07) is 18.1. The van der Waals surface area contributed by atoms with Crippen molar-refractivity contribution in [1.82, 2.24) is 0 Å². The van der Waals surface area contributed by atoms with Gasteiger partial charge in [0.1, 0.15) is 6.10 Å². The lowest BCUT2D eigenvalue weighted by Crippen LogP contribution is -2.07. The second kappa shape index (κ2) is 5.78. The Balaban J connectivity index is 2.06. The Morgan fingerprint density at radius 2 is 1.61 bits per heavy atom. The summed E-state index contributed by atoms with van der Waals surface area (Å²) < 4.78 is 5.79. The van der Waals surface area contributed by atoms with Crippen LogP contribution in [0.1, 0.15) is 29.7 Å². The first-order valence-corrected chi connectivity index (χ1v) is 6.40. The summed E-state index contributed by atoms with van der Waals surface area (Å²) in [6.45, 7) is 4.09. The Labute approximate surface area is 113 Å². The van der Waals surface area contributed by atoms with E-state index < -0.39 is 0 Å². The van der Waals surface area contributed by atoms with Crippen LogP contribution in [-0.4, -0.2) is 5.05 Å². The molecular weight excluding hydrogens is 240 g/mol. The largest absolute Gasteiger partial charge is 0.475 e. The van der Waals surface area contributed by atoms with Gasteiger partial charge in [-0.1, -0.05) is 60.2 Å². The standard InChI is InChI=1S/C16H16OS/c1-12-8-10-14(11-9-12)13(2)17-16(18)15-6-4-3-5-7-15/h3-11,13H,1-2H3. The zero-order valence-electron chi connectivity index (χ0n) is 10.6. The normalized spacial score (nSPS) is 11.9. The van der Waals surface area contributed by atoms with Crippen LogP contribution in [0.25, 0.3) is 0 Å². The van der Waals surface area contributed by atoms with E-state index in [1.54, 1.807) is 0 Å². The van der Waals surface area contributed by atoms with E-state index in [-0.39, 0.29) is 6.10 Å². The molecular formula is C16H16OS. The molecule has 0 saturated heterocycles. The average molecular weight is 256 g/mol. The van der Waals surface area contributed by atoms with E-state index >= 15 is 0 Å². The third-order valence-electron chi connectivity index (χ3n) is 2.84. The molecule has 0 aromatic heterocycles. The molecule has 0 N–H and O–H groups in total. The van der Waals surface area contributed by atoms with E-state index in [9.17, 15) is 0 Å². The first kappa shape index (κ1) is 12.8. The second-order valence-electron chi connectivity index (χ2n) is 4.32. The van der Waals surface area contributed by atoms with E-state index in [2.05, 4.69) is 31.2 Å². The molecule has 0 fully saturated rings. The number of ether oxygens (including phenoxy) is 1. The van der Waals surface area contributed by atoms with E-state index in [4.69, 9.17) is 17.0 Å². The smallest absolute Gasteiger partial charge is 0.191 e. The van der Waals surface area contributed by atoms with Crippen molar-refractivity contribution in [1.29, 1.82) is 0 Å². The fourth-order valence-corrected chi connectivity index (χ4v) is 1.99. The number of rotatable bonds is 3. The highest BCUT2D eigenvalue weighted by Gasteiger charge is 2.09. The van der Waals surface area contributed by atoms with E-state index in [0.29, 0.717) is 5.05 Å². The average Bonchev–Trinajstić information content (AvgIpc) is 2.40. The SMILES string of the molecule is Cc1ccc(C(C)OC(=S)c2ccccc2)cc1. The van der Waals surface area contributed by atoms with Gasteiger partial charge in [0.05, 0.1) is 0 Å². The van der Waals surface area contributed by atoms with E-state index in [1.165, 1.54) is 5.56 Å². The molecule has 92 valence electrons. The number of aryl methyl sites for hydroxylation is 1. The lowest BCUT2D eigenvalue weighted by atomic mass is 10.1. The van der Waals surface area contributed by atoms with Gasteiger partial charge in [-0.05, 0) is 31.6 Å². The first-order chi connectivity index (χ1) is 8.66. The third kappa shape index (κ3) is 3.17. The van der Waals surface area contributed by atoms with Crippen LogP contribution in [0.3, 0.4) is 0 Å². The zero-order valence-corrected chi connectivity index (χ0v) is 11.4. The fraction of sp³-hybridized carbons (Fsp3) is 0.188. The summed E-state index contributed by atoms with van der Waals surface area (Å²) in [7, 11) is 0. The summed E-state index contributed by atoms with van der Waals surface area (Å²) in [6.07, 6.45) is -0.0293. The predicted molar refractivity (Wildman–Crippen MR) is 78.8 cm³/mol. The highest BCUT2D eigenvalue weighted by atomic mass is 32.1. The Kier molecular flexibility index (Phi) is 4.11. The maximum atomic E-state index is 5.79. The molecule has 2 heteroatoms. The van der Waals surface area contributed by atoms with Gasteiger partial charge in [-0.3, -0.25) is 0 Å². The van der Waals surface area contributed by atoms with Gasteiger partial charge in [-0.2, -0.15) is 0 Å². The molecule has 1 nitrogen and oxygen atoms in total. The molecule has 2 aromatic rings. The highest BCUT2D eigenvalue weighted by molar-refractivity contribution is 7.80. The molecule has 0 aliphatic carbocycles. The van der Waals surface area contributed by atoms with Crippen molar-refractivity contribution >= 4 is 17.3 Å².